The summed E-state index contributed by atoms with van der Waals surface area (Å²) < 4.78 is 9.89. The van der Waals surface area contributed by atoms with Crippen LogP contribution < -0.4 is 0 Å². The highest BCUT2D eigenvalue weighted by Gasteiger charge is 1.94. The van der Waals surface area contributed by atoms with Crippen molar-refractivity contribution in [3.63, 3.8) is 0 Å². The average molecular weight is 156 g/mol. The maximum absolute atomic E-state index is 4.94. The molecule has 0 bridgehead atoms. The molecular formula is C7H12N2O2. The quantitative estimate of drug-likeness (QED) is 0.593. The normalized spacial score (nSPS) is 16.7. The fourth-order valence-corrected chi connectivity index (χ4v) is 0.655. The Hall–Kier alpha value is -0.870. The zero-order valence-corrected chi connectivity index (χ0v) is 6.32. The molecule has 0 aromatic carbocycles. The molecule has 0 spiro atoms. The van der Waals surface area contributed by atoms with Gasteiger partial charge in [-0.2, -0.15) is 5.10 Å². The van der Waals surface area contributed by atoms with Gasteiger partial charge in [0.15, 0.2) is 0 Å². The van der Waals surface area contributed by atoms with Crippen molar-refractivity contribution in [1.82, 2.24) is 10.2 Å². The van der Waals surface area contributed by atoms with Crippen LogP contribution in [0.4, 0.5) is 0 Å². The highest BCUT2D eigenvalue weighted by molar-refractivity contribution is 4.72. The molecule has 1 aromatic rings. The predicted molar refractivity (Wildman–Crippen MR) is 40.2 cm³/mol. The molecule has 1 saturated heterocycles. The molecule has 0 amide bonds. The molecule has 2 rings (SSSR count). The van der Waals surface area contributed by atoms with Crippen LogP contribution >= 0.6 is 0 Å². The maximum atomic E-state index is 4.94. The summed E-state index contributed by atoms with van der Waals surface area (Å²) in [5.41, 5.74) is 0. The van der Waals surface area contributed by atoms with Gasteiger partial charge in [-0.25, -0.2) is 0 Å². The second-order valence-electron chi connectivity index (χ2n) is 1.99. The Morgan fingerprint density at radius 2 is 1.73 bits per heavy atom. The summed E-state index contributed by atoms with van der Waals surface area (Å²) in [5.74, 6) is 0. The molecule has 11 heavy (non-hydrogen) atoms. The van der Waals surface area contributed by atoms with Crippen molar-refractivity contribution < 1.29 is 9.47 Å². The molecule has 1 N–H and O–H groups in total. The Morgan fingerprint density at radius 1 is 1.09 bits per heavy atom. The first kappa shape index (κ1) is 8.23. The minimum absolute atomic E-state index is 0.778. The Kier molecular flexibility index (Phi) is 4.40. The second kappa shape index (κ2) is 5.88. The summed E-state index contributed by atoms with van der Waals surface area (Å²) in [4.78, 5) is 0. The molecule has 62 valence electrons. The van der Waals surface area contributed by atoms with Crippen LogP contribution in [0.1, 0.15) is 0 Å². The van der Waals surface area contributed by atoms with E-state index in [0.717, 1.165) is 26.4 Å². The fraction of sp³-hybridized carbons (Fsp3) is 0.571. The van der Waals surface area contributed by atoms with E-state index in [1.807, 2.05) is 6.07 Å². The largest absolute Gasteiger partial charge is 0.377 e. The molecule has 1 aromatic heterocycles. The van der Waals surface area contributed by atoms with Crippen molar-refractivity contribution in [2.75, 3.05) is 26.4 Å². The molecule has 0 atom stereocenters. The maximum Gasteiger partial charge on any atom is 0.0701 e. The van der Waals surface area contributed by atoms with Crippen LogP contribution in [-0.2, 0) is 9.47 Å². The zero-order chi connectivity index (χ0) is 7.78. The minimum Gasteiger partial charge on any atom is -0.377 e. The Bertz CT molecular complexity index is 121. The Morgan fingerprint density at radius 3 is 1.91 bits per heavy atom. The van der Waals surface area contributed by atoms with Gasteiger partial charge in [0, 0.05) is 12.4 Å². The van der Waals surface area contributed by atoms with Crippen LogP contribution in [0, 0.1) is 0 Å². The summed E-state index contributed by atoms with van der Waals surface area (Å²) in [6.07, 6.45) is 3.46. The molecule has 0 unspecified atom stereocenters. The third kappa shape index (κ3) is 4.52. The number of hydrogen-bond donors (Lipinski definition) is 1. The average Bonchev–Trinajstić information content (AvgIpc) is 2.64. The summed E-state index contributed by atoms with van der Waals surface area (Å²) in [6, 6.07) is 1.83. The monoisotopic (exact) mass is 156 g/mol. The van der Waals surface area contributed by atoms with E-state index < -0.39 is 0 Å². The number of nitrogens with zero attached hydrogens (tertiary/aromatic N) is 1. The predicted octanol–water partition coefficient (Wildman–Crippen LogP) is 0.443. The van der Waals surface area contributed by atoms with Gasteiger partial charge in [0.1, 0.15) is 0 Å². The van der Waals surface area contributed by atoms with Gasteiger partial charge >= 0.3 is 0 Å². The second-order valence-corrected chi connectivity index (χ2v) is 1.99. The minimum atomic E-state index is 0.778. The van der Waals surface area contributed by atoms with E-state index in [2.05, 4.69) is 10.2 Å². The topological polar surface area (TPSA) is 47.1 Å². The summed E-state index contributed by atoms with van der Waals surface area (Å²) >= 11 is 0. The van der Waals surface area contributed by atoms with Crippen LogP contribution in [0.5, 0.6) is 0 Å². The van der Waals surface area contributed by atoms with Crippen molar-refractivity contribution >= 4 is 0 Å². The van der Waals surface area contributed by atoms with Crippen LogP contribution in [0.25, 0.3) is 0 Å². The van der Waals surface area contributed by atoms with Crippen LogP contribution in [0.3, 0.4) is 0 Å². The van der Waals surface area contributed by atoms with Gasteiger partial charge < -0.3 is 9.47 Å². The number of aromatic nitrogens is 2. The molecule has 0 aliphatic carbocycles. The first-order chi connectivity index (χ1) is 5.50. The van der Waals surface area contributed by atoms with Crippen LogP contribution in [0.15, 0.2) is 18.5 Å². The van der Waals surface area contributed by atoms with E-state index in [9.17, 15) is 0 Å². The smallest absolute Gasteiger partial charge is 0.0701 e. The molecule has 0 saturated carbocycles. The molecule has 4 nitrogen and oxygen atoms in total. The highest BCUT2D eigenvalue weighted by Crippen LogP contribution is 1.85. The highest BCUT2D eigenvalue weighted by atomic mass is 16.6. The van der Waals surface area contributed by atoms with E-state index in [0.29, 0.717) is 0 Å². The molecule has 1 aliphatic heterocycles. The lowest BCUT2D eigenvalue weighted by Crippen LogP contribution is -2.16. The van der Waals surface area contributed by atoms with Gasteiger partial charge in [-0.05, 0) is 6.07 Å². The van der Waals surface area contributed by atoms with Crippen LogP contribution in [-0.4, -0.2) is 36.6 Å². The first-order valence-corrected chi connectivity index (χ1v) is 3.59. The number of hydrogen-bond acceptors (Lipinski definition) is 3. The lowest BCUT2D eigenvalue weighted by Gasteiger charge is -2.09. The summed E-state index contributed by atoms with van der Waals surface area (Å²) in [7, 11) is 0. The Labute approximate surface area is 65.5 Å². The molecular weight excluding hydrogens is 144 g/mol. The number of nitrogens with one attached hydrogen (secondary N) is 1. The summed E-state index contributed by atoms with van der Waals surface area (Å²) in [6.45, 7) is 3.11. The molecule has 2 heterocycles. The van der Waals surface area contributed by atoms with Gasteiger partial charge in [0.2, 0.25) is 0 Å². The molecule has 0 radical (unpaired) electrons. The van der Waals surface area contributed by atoms with E-state index in [4.69, 9.17) is 9.47 Å². The number of rotatable bonds is 0. The van der Waals surface area contributed by atoms with Crippen molar-refractivity contribution in [2.45, 2.75) is 0 Å². The lowest BCUT2D eigenvalue weighted by atomic mass is 10.6. The van der Waals surface area contributed by atoms with E-state index in [-0.39, 0.29) is 0 Å². The third-order valence-corrected chi connectivity index (χ3v) is 1.15. The van der Waals surface area contributed by atoms with Gasteiger partial charge in [-0.15, -0.1) is 0 Å². The number of ether oxygens (including phenoxy) is 2. The number of H-pyrrole nitrogens is 1. The SMILES string of the molecule is C1COCCO1.c1cn[nH]c1. The van der Waals surface area contributed by atoms with E-state index in [1.165, 1.54) is 0 Å². The van der Waals surface area contributed by atoms with Crippen molar-refractivity contribution in [3.8, 4) is 0 Å². The van der Waals surface area contributed by atoms with Crippen molar-refractivity contribution in [3.05, 3.63) is 18.5 Å². The number of aromatic amines is 1. The van der Waals surface area contributed by atoms with Gasteiger partial charge in [0.25, 0.3) is 0 Å². The molecule has 1 aliphatic rings. The molecule has 4 heteroatoms. The fourth-order valence-electron chi connectivity index (χ4n) is 0.655. The standard InChI is InChI=1S/C4H8O2.C3H4N2/c1-2-6-4-3-5-1;1-2-4-5-3-1/h1-4H2;1-3H,(H,4,5). The molecule has 1 fully saturated rings. The third-order valence-electron chi connectivity index (χ3n) is 1.15. The van der Waals surface area contributed by atoms with Crippen LogP contribution in [0.2, 0.25) is 0 Å². The zero-order valence-electron chi connectivity index (χ0n) is 6.32. The lowest BCUT2D eigenvalue weighted by molar-refractivity contribution is -0.0334. The van der Waals surface area contributed by atoms with Crippen molar-refractivity contribution in [1.29, 1.82) is 0 Å². The van der Waals surface area contributed by atoms with Gasteiger partial charge in [-0.3, -0.25) is 5.10 Å². The van der Waals surface area contributed by atoms with Crippen molar-refractivity contribution in [2.24, 2.45) is 0 Å². The van der Waals surface area contributed by atoms with E-state index >= 15 is 0 Å². The van der Waals surface area contributed by atoms with Gasteiger partial charge in [0.05, 0.1) is 26.4 Å². The van der Waals surface area contributed by atoms with E-state index in [1.54, 1.807) is 12.4 Å². The first-order valence-electron chi connectivity index (χ1n) is 3.59. The Balaban J connectivity index is 0.000000112. The summed E-state index contributed by atoms with van der Waals surface area (Å²) in [5, 5.41) is 6.21. The van der Waals surface area contributed by atoms with Gasteiger partial charge in [-0.1, -0.05) is 0 Å².